The molecule has 1 aromatic heterocycles. The maximum Gasteiger partial charge on any atom is 0.223 e. The molecule has 0 radical (unpaired) electrons. The van der Waals surface area contributed by atoms with E-state index in [-0.39, 0.29) is 42.7 Å². The second kappa shape index (κ2) is 10.6. The number of nitrogens with two attached hydrogens (primary N) is 1. The van der Waals surface area contributed by atoms with Crippen LogP contribution in [0.2, 0.25) is 0 Å². The Bertz CT molecular complexity index is 945. The van der Waals surface area contributed by atoms with E-state index in [2.05, 4.69) is 17.1 Å². The van der Waals surface area contributed by atoms with E-state index in [0.29, 0.717) is 31.8 Å². The van der Waals surface area contributed by atoms with E-state index in [0.717, 1.165) is 11.3 Å². The molecule has 0 bridgehead atoms. The van der Waals surface area contributed by atoms with Gasteiger partial charge in [-0.2, -0.15) is 0 Å². The molecule has 1 aliphatic rings. The minimum atomic E-state index is -0.0266. The van der Waals surface area contributed by atoms with Crippen LogP contribution in [-0.2, 0) is 11.2 Å². The summed E-state index contributed by atoms with van der Waals surface area (Å²) in [6.07, 6.45) is 2.59. The molecule has 1 saturated heterocycles. The standard InChI is InChI=1S/C23H25N3O2.2ClH/c1-16-7-9-18(10-8-16)21-13-25-22(28-21)11-12-23(27)26-14-19(20(24)15-26)17-5-3-2-4-6-17;;/h2-10,13,19-20H,11-12,14-15,24H2,1H3;2*1H/t19-,20+;;/m0../s1. The Hall–Kier alpha value is -2.34. The van der Waals surface area contributed by atoms with Crippen LogP contribution in [0.15, 0.2) is 65.2 Å². The number of hydrogen-bond donors (Lipinski definition) is 1. The van der Waals surface area contributed by atoms with Crippen molar-refractivity contribution in [2.24, 2.45) is 5.73 Å². The van der Waals surface area contributed by atoms with Gasteiger partial charge in [-0.1, -0.05) is 60.2 Å². The summed E-state index contributed by atoms with van der Waals surface area (Å²) in [4.78, 5) is 18.9. The lowest BCUT2D eigenvalue weighted by molar-refractivity contribution is -0.130. The molecular weight excluding hydrogens is 421 g/mol. The van der Waals surface area contributed by atoms with Crippen LogP contribution in [0.25, 0.3) is 11.3 Å². The minimum absolute atomic E-state index is 0. The first-order valence-corrected chi connectivity index (χ1v) is 9.70. The van der Waals surface area contributed by atoms with Gasteiger partial charge in [-0.05, 0) is 12.5 Å². The van der Waals surface area contributed by atoms with Gasteiger partial charge in [0.15, 0.2) is 11.7 Å². The minimum Gasteiger partial charge on any atom is -0.441 e. The van der Waals surface area contributed by atoms with E-state index in [1.54, 1.807) is 6.20 Å². The summed E-state index contributed by atoms with van der Waals surface area (Å²) in [5, 5.41) is 0. The molecule has 2 aromatic carbocycles. The molecule has 5 nitrogen and oxygen atoms in total. The summed E-state index contributed by atoms with van der Waals surface area (Å²) in [6.45, 7) is 3.32. The predicted molar refractivity (Wildman–Crippen MR) is 123 cm³/mol. The van der Waals surface area contributed by atoms with Crippen molar-refractivity contribution in [2.45, 2.75) is 31.7 Å². The van der Waals surface area contributed by atoms with Gasteiger partial charge in [0.1, 0.15) is 0 Å². The first kappa shape index (κ1) is 23.9. The second-order valence-corrected chi connectivity index (χ2v) is 7.46. The molecule has 2 heterocycles. The maximum atomic E-state index is 12.7. The highest BCUT2D eigenvalue weighted by atomic mass is 35.5. The Balaban J connectivity index is 0.00000160. The van der Waals surface area contributed by atoms with Gasteiger partial charge in [-0.25, -0.2) is 4.98 Å². The largest absolute Gasteiger partial charge is 0.441 e. The lowest BCUT2D eigenvalue weighted by Crippen LogP contribution is -2.32. The number of likely N-dealkylation sites (tertiary alicyclic amines) is 1. The zero-order valence-corrected chi connectivity index (χ0v) is 18.5. The topological polar surface area (TPSA) is 72.4 Å². The first-order valence-electron chi connectivity index (χ1n) is 9.70. The summed E-state index contributed by atoms with van der Waals surface area (Å²) in [6, 6.07) is 18.3. The van der Waals surface area contributed by atoms with Crippen molar-refractivity contribution in [3.8, 4) is 11.3 Å². The summed E-state index contributed by atoms with van der Waals surface area (Å²) in [7, 11) is 0. The van der Waals surface area contributed by atoms with Crippen LogP contribution < -0.4 is 5.73 Å². The van der Waals surface area contributed by atoms with E-state index < -0.39 is 0 Å². The number of aromatic nitrogens is 1. The second-order valence-electron chi connectivity index (χ2n) is 7.46. The average Bonchev–Trinajstić information content (AvgIpc) is 3.34. The van der Waals surface area contributed by atoms with Crippen molar-refractivity contribution >= 4 is 30.7 Å². The molecule has 2 N–H and O–H groups in total. The summed E-state index contributed by atoms with van der Waals surface area (Å²) < 4.78 is 5.83. The Morgan fingerprint density at radius 1 is 1.10 bits per heavy atom. The number of amides is 1. The predicted octanol–water partition coefficient (Wildman–Crippen LogP) is 4.38. The van der Waals surface area contributed by atoms with Crippen molar-refractivity contribution in [2.75, 3.05) is 13.1 Å². The highest BCUT2D eigenvalue weighted by molar-refractivity contribution is 5.85. The van der Waals surface area contributed by atoms with Crippen LogP contribution in [0.5, 0.6) is 0 Å². The fourth-order valence-corrected chi connectivity index (χ4v) is 3.73. The van der Waals surface area contributed by atoms with E-state index in [1.807, 2.05) is 54.3 Å². The number of nitrogens with zero attached hydrogens (tertiary/aromatic N) is 2. The van der Waals surface area contributed by atoms with Crippen LogP contribution >= 0.6 is 24.8 Å². The molecule has 30 heavy (non-hydrogen) atoms. The fourth-order valence-electron chi connectivity index (χ4n) is 3.73. The molecule has 1 amide bonds. The molecule has 0 spiro atoms. The highest BCUT2D eigenvalue weighted by Gasteiger charge is 2.33. The van der Waals surface area contributed by atoms with Gasteiger partial charge in [-0.3, -0.25) is 4.79 Å². The van der Waals surface area contributed by atoms with E-state index in [4.69, 9.17) is 10.2 Å². The molecule has 1 aliphatic heterocycles. The lowest BCUT2D eigenvalue weighted by atomic mass is 9.95. The Morgan fingerprint density at radius 3 is 2.50 bits per heavy atom. The highest BCUT2D eigenvalue weighted by Crippen LogP contribution is 2.27. The number of oxazole rings is 1. The Labute approximate surface area is 189 Å². The van der Waals surface area contributed by atoms with Crippen LogP contribution in [0.1, 0.15) is 29.4 Å². The lowest BCUT2D eigenvalue weighted by Gasteiger charge is -2.16. The average molecular weight is 448 g/mol. The smallest absolute Gasteiger partial charge is 0.223 e. The normalized spacial score (nSPS) is 17.9. The molecule has 4 rings (SSSR count). The van der Waals surface area contributed by atoms with Crippen molar-refractivity contribution in [1.82, 2.24) is 9.88 Å². The van der Waals surface area contributed by atoms with E-state index in [9.17, 15) is 4.79 Å². The van der Waals surface area contributed by atoms with Gasteiger partial charge in [-0.15, -0.1) is 24.8 Å². The van der Waals surface area contributed by atoms with Crippen molar-refractivity contribution in [1.29, 1.82) is 0 Å². The molecule has 2 atom stereocenters. The van der Waals surface area contributed by atoms with Gasteiger partial charge < -0.3 is 15.1 Å². The molecule has 1 fully saturated rings. The van der Waals surface area contributed by atoms with Gasteiger partial charge in [0, 0.05) is 43.5 Å². The molecular formula is C23H27Cl2N3O2. The zero-order chi connectivity index (χ0) is 19.5. The van der Waals surface area contributed by atoms with E-state index in [1.165, 1.54) is 11.1 Å². The summed E-state index contributed by atoms with van der Waals surface area (Å²) in [5.74, 6) is 1.62. The first-order chi connectivity index (χ1) is 13.6. The van der Waals surface area contributed by atoms with E-state index >= 15 is 0 Å². The molecule has 0 aliphatic carbocycles. The van der Waals surface area contributed by atoms with Crippen LogP contribution in [0, 0.1) is 6.92 Å². The monoisotopic (exact) mass is 447 g/mol. The van der Waals surface area contributed by atoms with Gasteiger partial charge in [0.05, 0.1) is 6.20 Å². The molecule has 3 aromatic rings. The Morgan fingerprint density at radius 2 is 1.80 bits per heavy atom. The summed E-state index contributed by atoms with van der Waals surface area (Å²) in [5.41, 5.74) is 9.69. The van der Waals surface area contributed by atoms with Gasteiger partial charge in [0.2, 0.25) is 5.91 Å². The SMILES string of the molecule is Cc1ccc(-c2cnc(CCC(=O)N3C[C@@H](N)[C@H](c4ccccc4)C3)o2)cc1.Cl.Cl. The third-order valence-corrected chi connectivity index (χ3v) is 5.39. The fraction of sp³-hybridized carbons (Fsp3) is 0.304. The van der Waals surface area contributed by atoms with Crippen LogP contribution in [-0.4, -0.2) is 34.9 Å². The van der Waals surface area contributed by atoms with Gasteiger partial charge >= 0.3 is 0 Å². The number of halogens is 2. The maximum absolute atomic E-state index is 12.7. The van der Waals surface area contributed by atoms with Crippen molar-refractivity contribution in [3.05, 3.63) is 77.8 Å². The molecule has 160 valence electrons. The third kappa shape index (κ3) is 5.42. The van der Waals surface area contributed by atoms with Crippen molar-refractivity contribution < 1.29 is 9.21 Å². The number of benzene rings is 2. The molecule has 0 saturated carbocycles. The van der Waals surface area contributed by atoms with Crippen molar-refractivity contribution in [3.63, 3.8) is 0 Å². The molecule has 0 unspecified atom stereocenters. The van der Waals surface area contributed by atoms with Crippen LogP contribution in [0.3, 0.4) is 0 Å². The van der Waals surface area contributed by atoms with Gasteiger partial charge in [0.25, 0.3) is 0 Å². The number of carbonyl (C=O) groups is 1. The number of carbonyl (C=O) groups excluding carboxylic acids is 1. The van der Waals surface area contributed by atoms with Crippen LogP contribution in [0.4, 0.5) is 0 Å². The molecule has 7 heteroatoms. The third-order valence-electron chi connectivity index (χ3n) is 5.39. The Kier molecular flexibility index (Phi) is 8.47. The summed E-state index contributed by atoms with van der Waals surface area (Å²) >= 11 is 0. The number of hydrogen-bond acceptors (Lipinski definition) is 4. The zero-order valence-electron chi connectivity index (χ0n) is 16.9. The quantitative estimate of drug-likeness (QED) is 0.629. The number of rotatable bonds is 5. The number of aryl methyl sites for hydroxylation is 2.